The lowest BCUT2D eigenvalue weighted by Gasteiger charge is -2.29. The van der Waals surface area contributed by atoms with Gasteiger partial charge in [0.2, 0.25) is 5.88 Å². The summed E-state index contributed by atoms with van der Waals surface area (Å²) in [4.78, 5) is 35.3. The number of hydrogen-bond acceptors (Lipinski definition) is 7. The number of rotatable bonds is 8. The molecule has 6 rings (SSSR count). The molecule has 1 saturated heterocycles. The molecule has 10 nitrogen and oxygen atoms in total. The van der Waals surface area contributed by atoms with Crippen LogP contribution >= 0.6 is 11.6 Å². The molecular weight excluding hydrogens is 556 g/mol. The molecule has 0 spiro atoms. The highest BCUT2D eigenvalue weighted by Gasteiger charge is 2.26. The molecule has 1 unspecified atom stereocenters. The topological polar surface area (TPSA) is 112 Å². The van der Waals surface area contributed by atoms with Crippen molar-refractivity contribution in [3.05, 3.63) is 81.6 Å². The molecule has 1 atom stereocenters. The number of halogens is 1. The van der Waals surface area contributed by atoms with Crippen LogP contribution < -0.4 is 21.1 Å². The zero-order valence-corrected chi connectivity index (χ0v) is 24.3. The van der Waals surface area contributed by atoms with Crippen LogP contribution in [0.2, 0.25) is 5.02 Å². The molecule has 42 heavy (non-hydrogen) atoms. The van der Waals surface area contributed by atoms with E-state index in [-0.39, 0.29) is 23.7 Å². The number of nitrogens with one attached hydrogen (secondary N) is 2. The van der Waals surface area contributed by atoms with E-state index in [4.69, 9.17) is 21.1 Å². The fourth-order valence-corrected chi connectivity index (χ4v) is 6.04. The Morgan fingerprint density at radius 1 is 1.12 bits per heavy atom. The minimum Gasteiger partial charge on any atom is -0.476 e. The fourth-order valence-electron chi connectivity index (χ4n) is 5.89. The van der Waals surface area contributed by atoms with Gasteiger partial charge in [-0.15, -0.1) is 0 Å². The Hall–Kier alpha value is -3.73. The molecule has 4 heterocycles. The quantitative estimate of drug-likeness (QED) is 0.320. The number of fused-ring (bicyclic) bond motifs is 1. The van der Waals surface area contributed by atoms with Crippen molar-refractivity contribution < 1.29 is 14.3 Å². The number of ether oxygens (including phenoxy) is 2. The number of nitrogens with zero attached hydrogens (tertiary/aromatic N) is 4. The summed E-state index contributed by atoms with van der Waals surface area (Å²) in [5, 5.41) is 6.96. The highest BCUT2D eigenvalue weighted by atomic mass is 35.5. The third-order valence-electron chi connectivity index (χ3n) is 8.17. The standard InChI is InChI=1S/C31H35ClN6O4/c1-20-26(14-22(32)15-34-20)30(39)36-23-8-6-21(7-9-23)17-37-27-4-2-3-5-28(27)38(31(37)40)25-10-11-29(35-16-25)42-19-24-18-41-13-12-33-24/h2-5,10-11,14-16,21,23-24,33H,6-9,12-13,17-19H2,1H3,(H,36,39). The minimum absolute atomic E-state index is 0.0819. The molecule has 3 aromatic heterocycles. The number of morpholine rings is 1. The summed E-state index contributed by atoms with van der Waals surface area (Å²) in [6.07, 6.45) is 6.76. The molecule has 1 aromatic carbocycles. The number of imidazole rings is 1. The molecule has 220 valence electrons. The van der Waals surface area contributed by atoms with E-state index in [2.05, 4.69) is 20.6 Å². The maximum Gasteiger partial charge on any atom is 0.333 e. The van der Waals surface area contributed by atoms with Gasteiger partial charge in [0.15, 0.2) is 0 Å². The summed E-state index contributed by atoms with van der Waals surface area (Å²) in [5.41, 5.74) is 3.51. The van der Waals surface area contributed by atoms with Gasteiger partial charge in [-0.2, -0.15) is 0 Å². The van der Waals surface area contributed by atoms with Crippen LogP contribution in [0, 0.1) is 12.8 Å². The average molecular weight is 591 g/mol. The Bertz CT molecular complexity index is 1600. The first-order valence-electron chi connectivity index (χ1n) is 14.5. The Balaban J connectivity index is 1.12. The molecule has 0 bridgehead atoms. The number of carbonyl (C=O) groups is 1. The number of amides is 1. The van der Waals surface area contributed by atoms with E-state index in [9.17, 15) is 9.59 Å². The lowest BCUT2D eigenvalue weighted by molar-refractivity contribution is 0.0585. The van der Waals surface area contributed by atoms with Crippen LogP contribution in [0.5, 0.6) is 5.88 Å². The van der Waals surface area contributed by atoms with Crippen LogP contribution in [0.1, 0.15) is 41.7 Å². The number of aromatic nitrogens is 4. The number of hydrogen-bond donors (Lipinski definition) is 2. The molecular formula is C31H35ClN6O4. The van der Waals surface area contributed by atoms with Crippen LogP contribution in [-0.4, -0.2) is 63.5 Å². The van der Waals surface area contributed by atoms with Gasteiger partial charge in [0.05, 0.1) is 58.5 Å². The second kappa shape index (κ2) is 12.6. The number of benzene rings is 1. The normalized spacial score (nSPS) is 20.9. The van der Waals surface area contributed by atoms with Gasteiger partial charge in [0.25, 0.3) is 5.91 Å². The number of carbonyl (C=O) groups excluding carboxylic acids is 1. The van der Waals surface area contributed by atoms with Crippen LogP contribution in [-0.2, 0) is 11.3 Å². The largest absolute Gasteiger partial charge is 0.476 e. The molecule has 1 saturated carbocycles. The van der Waals surface area contributed by atoms with Gasteiger partial charge < -0.3 is 20.1 Å². The van der Waals surface area contributed by atoms with E-state index in [1.54, 1.807) is 36.0 Å². The molecule has 4 aromatic rings. The van der Waals surface area contributed by atoms with Crippen molar-refractivity contribution in [2.75, 3.05) is 26.4 Å². The van der Waals surface area contributed by atoms with Crippen LogP contribution in [0.4, 0.5) is 0 Å². The van der Waals surface area contributed by atoms with E-state index >= 15 is 0 Å². The van der Waals surface area contributed by atoms with Gasteiger partial charge in [-0.05, 0) is 62.8 Å². The average Bonchev–Trinajstić information content (AvgIpc) is 3.29. The van der Waals surface area contributed by atoms with Gasteiger partial charge in [-0.25, -0.2) is 9.78 Å². The summed E-state index contributed by atoms with van der Waals surface area (Å²) in [6, 6.07) is 13.4. The Kier molecular flexibility index (Phi) is 8.55. The van der Waals surface area contributed by atoms with Crippen molar-refractivity contribution in [3.8, 4) is 11.6 Å². The third-order valence-corrected chi connectivity index (χ3v) is 8.37. The first-order valence-corrected chi connectivity index (χ1v) is 14.9. The van der Waals surface area contributed by atoms with Crippen LogP contribution in [0.25, 0.3) is 16.7 Å². The molecule has 1 aliphatic carbocycles. The molecule has 0 radical (unpaired) electrons. The zero-order chi connectivity index (χ0) is 29.1. The SMILES string of the molecule is Cc1ncc(Cl)cc1C(=O)NC1CCC(Cn2c(=O)n(-c3ccc(OCC4COCCN4)nc3)c3ccccc32)CC1. The third kappa shape index (κ3) is 6.21. The second-order valence-electron chi connectivity index (χ2n) is 11.1. The molecule has 11 heteroatoms. The van der Waals surface area contributed by atoms with E-state index in [0.717, 1.165) is 43.3 Å². The smallest absolute Gasteiger partial charge is 0.333 e. The van der Waals surface area contributed by atoms with Crippen molar-refractivity contribution in [1.29, 1.82) is 0 Å². The highest BCUT2D eigenvalue weighted by molar-refractivity contribution is 6.30. The van der Waals surface area contributed by atoms with Crippen molar-refractivity contribution in [1.82, 2.24) is 29.7 Å². The van der Waals surface area contributed by atoms with E-state index in [1.165, 1.54) is 0 Å². The summed E-state index contributed by atoms with van der Waals surface area (Å²) < 4.78 is 14.9. The Morgan fingerprint density at radius 2 is 1.93 bits per heavy atom. The predicted octanol–water partition coefficient (Wildman–Crippen LogP) is 3.90. The summed E-state index contributed by atoms with van der Waals surface area (Å²) in [7, 11) is 0. The van der Waals surface area contributed by atoms with Crippen LogP contribution in [0.3, 0.4) is 0 Å². The Morgan fingerprint density at radius 3 is 2.67 bits per heavy atom. The molecule has 2 aliphatic rings. The van der Waals surface area contributed by atoms with E-state index in [0.29, 0.717) is 60.1 Å². The first-order chi connectivity index (χ1) is 20.5. The summed E-state index contributed by atoms with van der Waals surface area (Å²) >= 11 is 6.05. The lowest BCUT2D eigenvalue weighted by atomic mass is 9.85. The number of para-hydroxylation sites is 2. The predicted molar refractivity (Wildman–Crippen MR) is 161 cm³/mol. The van der Waals surface area contributed by atoms with Crippen molar-refractivity contribution >= 4 is 28.5 Å². The maximum absolute atomic E-state index is 13.8. The molecule has 2 N–H and O–H groups in total. The second-order valence-corrected chi connectivity index (χ2v) is 11.5. The highest BCUT2D eigenvalue weighted by Crippen LogP contribution is 2.28. The van der Waals surface area contributed by atoms with Gasteiger partial charge >= 0.3 is 5.69 Å². The fraction of sp³-hybridized carbons (Fsp3) is 0.419. The summed E-state index contributed by atoms with van der Waals surface area (Å²) in [5.74, 6) is 0.694. The molecule has 1 aliphatic heterocycles. The van der Waals surface area contributed by atoms with E-state index in [1.807, 2.05) is 34.9 Å². The Labute approximate surface area is 249 Å². The van der Waals surface area contributed by atoms with Gasteiger partial charge in [-0.3, -0.25) is 18.9 Å². The van der Waals surface area contributed by atoms with Gasteiger partial charge in [0.1, 0.15) is 6.61 Å². The van der Waals surface area contributed by atoms with Gasteiger partial charge in [0, 0.05) is 31.4 Å². The monoisotopic (exact) mass is 590 g/mol. The van der Waals surface area contributed by atoms with Crippen molar-refractivity contribution in [2.24, 2.45) is 5.92 Å². The number of aryl methyl sites for hydroxylation is 1. The number of pyridine rings is 2. The molecule has 1 amide bonds. The maximum atomic E-state index is 13.8. The van der Waals surface area contributed by atoms with Crippen molar-refractivity contribution in [2.45, 2.75) is 51.2 Å². The lowest BCUT2D eigenvalue weighted by Crippen LogP contribution is -2.44. The molecule has 2 fully saturated rings. The first kappa shape index (κ1) is 28.4. The summed E-state index contributed by atoms with van der Waals surface area (Å²) in [6.45, 7) is 5.04. The van der Waals surface area contributed by atoms with Crippen LogP contribution in [0.15, 0.2) is 59.7 Å². The zero-order valence-electron chi connectivity index (χ0n) is 23.6. The van der Waals surface area contributed by atoms with Gasteiger partial charge in [-0.1, -0.05) is 23.7 Å². The van der Waals surface area contributed by atoms with E-state index < -0.39 is 0 Å². The minimum atomic E-state index is -0.144. The van der Waals surface area contributed by atoms with Crippen molar-refractivity contribution in [3.63, 3.8) is 0 Å².